The Morgan fingerprint density at radius 2 is 1.78 bits per heavy atom. The van der Waals surface area contributed by atoms with E-state index in [0.717, 1.165) is 19.4 Å². The third kappa shape index (κ3) is 5.35. The largest absolute Gasteiger partial charge is 0.480 e. The van der Waals surface area contributed by atoms with E-state index >= 15 is 0 Å². The Morgan fingerprint density at radius 1 is 1.17 bits per heavy atom. The summed E-state index contributed by atoms with van der Waals surface area (Å²) in [5.41, 5.74) is 0. The van der Waals surface area contributed by atoms with Gasteiger partial charge in [0.15, 0.2) is 0 Å². The van der Waals surface area contributed by atoms with Gasteiger partial charge in [-0.05, 0) is 32.9 Å². The number of carboxylic acid groups (broad SMARTS) is 1. The smallest absolute Gasteiger partial charge is 0.323 e. The minimum Gasteiger partial charge on any atom is -0.480 e. The number of carbonyl (C=O) groups is 2. The van der Waals surface area contributed by atoms with Crippen LogP contribution in [0.2, 0.25) is 0 Å². The second-order valence-electron chi connectivity index (χ2n) is 5.23. The first-order chi connectivity index (χ1) is 8.40. The Bertz CT molecular complexity index is 303. The molecule has 0 heterocycles. The van der Waals surface area contributed by atoms with Crippen LogP contribution < -0.4 is 0 Å². The van der Waals surface area contributed by atoms with Crippen molar-refractivity contribution in [1.82, 2.24) is 14.7 Å². The minimum atomic E-state index is -0.954. The Balaban J connectivity index is 2.47. The summed E-state index contributed by atoms with van der Waals surface area (Å²) in [6.07, 6.45) is 2.20. The molecule has 0 atom stereocenters. The van der Waals surface area contributed by atoms with Crippen LogP contribution in [0.5, 0.6) is 0 Å². The van der Waals surface area contributed by atoms with E-state index in [-0.39, 0.29) is 12.6 Å². The SMILES string of the molecule is CN(C)CCN(C)C(=O)N(CC(=O)O)CC1CC1. The van der Waals surface area contributed by atoms with E-state index in [4.69, 9.17) is 5.11 Å². The maximum absolute atomic E-state index is 12.1. The molecule has 6 nitrogen and oxygen atoms in total. The summed E-state index contributed by atoms with van der Waals surface area (Å²) in [6, 6.07) is -0.189. The van der Waals surface area contributed by atoms with Crippen molar-refractivity contribution in [3.63, 3.8) is 0 Å². The number of likely N-dealkylation sites (N-methyl/N-ethyl adjacent to an activating group) is 2. The molecule has 6 heteroatoms. The maximum Gasteiger partial charge on any atom is 0.323 e. The third-order valence-corrected chi connectivity index (χ3v) is 2.98. The number of rotatable bonds is 7. The molecule has 0 aromatic carbocycles. The molecule has 2 amide bonds. The lowest BCUT2D eigenvalue weighted by Crippen LogP contribution is -2.46. The van der Waals surface area contributed by atoms with Gasteiger partial charge in [-0.2, -0.15) is 0 Å². The fourth-order valence-electron chi connectivity index (χ4n) is 1.67. The number of aliphatic carboxylic acids is 1. The van der Waals surface area contributed by atoms with Crippen LogP contribution >= 0.6 is 0 Å². The second-order valence-corrected chi connectivity index (χ2v) is 5.23. The number of amides is 2. The zero-order chi connectivity index (χ0) is 13.7. The summed E-state index contributed by atoms with van der Waals surface area (Å²) in [5.74, 6) is -0.458. The van der Waals surface area contributed by atoms with E-state index in [0.29, 0.717) is 19.0 Å². The van der Waals surface area contributed by atoms with Gasteiger partial charge in [0.05, 0.1) is 0 Å². The van der Waals surface area contributed by atoms with E-state index < -0.39 is 5.97 Å². The van der Waals surface area contributed by atoms with Crippen molar-refractivity contribution in [2.24, 2.45) is 5.92 Å². The molecule has 0 radical (unpaired) electrons. The number of carbonyl (C=O) groups excluding carboxylic acids is 1. The number of hydrogen-bond acceptors (Lipinski definition) is 3. The highest BCUT2D eigenvalue weighted by Crippen LogP contribution is 2.29. The lowest BCUT2D eigenvalue weighted by atomic mass is 10.3. The number of nitrogens with zero attached hydrogens (tertiary/aromatic N) is 3. The topological polar surface area (TPSA) is 64.1 Å². The standard InChI is InChI=1S/C12H23N3O3/c1-13(2)6-7-14(3)12(18)15(9-11(16)17)8-10-4-5-10/h10H,4-9H2,1-3H3,(H,16,17). The van der Waals surface area contributed by atoms with Crippen LogP contribution in [0.3, 0.4) is 0 Å². The van der Waals surface area contributed by atoms with Gasteiger partial charge in [0, 0.05) is 26.7 Å². The molecule has 1 aliphatic carbocycles. The summed E-state index contributed by atoms with van der Waals surface area (Å²) in [7, 11) is 5.60. The van der Waals surface area contributed by atoms with Gasteiger partial charge >= 0.3 is 12.0 Å². The number of carboxylic acids is 1. The molecule has 0 aliphatic heterocycles. The van der Waals surface area contributed by atoms with Crippen LogP contribution in [0.15, 0.2) is 0 Å². The van der Waals surface area contributed by atoms with Crippen molar-refractivity contribution in [3.05, 3.63) is 0 Å². The van der Waals surface area contributed by atoms with Crippen molar-refractivity contribution in [2.45, 2.75) is 12.8 Å². The fourth-order valence-corrected chi connectivity index (χ4v) is 1.67. The lowest BCUT2D eigenvalue weighted by Gasteiger charge is -2.27. The molecule has 104 valence electrons. The summed E-state index contributed by atoms with van der Waals surface area (Å²) in [6.45, 7) is 1.73. The molecule has 1 N–H and O–H groups in total. The molecule has 1 aliphatic rings. The highest BCUT2D eigenvalue weighted by molar-refractivity contribution is 5.80. The highest BCUT2D eigenvalue weighted by Gasteiger charge is 2.29. The van der Waals surface area contributed by atoms with E-state index in [2.05, 4.69) is 0 Å². The van der Waals surface area contributed by atoms with Gasteiger partial charge in [0.1, 0.15) is 6.54 Å². The van der Waals surface area contributed by atoms with Gasteiger partial charge in [-0.15, -0.1) is 0 Å². The maximum atomic E-state index is 12.1. The van der Waals surface area contributed by atoms with E-state index in [1.807, 2.05) is 19.0 Å². The van der Waals surface area contributed by atoms with Crippen molar-refractivity contribution in [3.8, 4) is 0 Å². The van der Waals surface area contributed by atoms with Crippen molar-refractivity contribution in [2.75, 3.05) is 47.3 Å². The predicted molar refractivity (Wildman–Crippen MR) is 68.5 cm³/mol. The third-order valence-electron chi connectivity index (χ3n) is 2.98. The molecule has 0 aromatic heterocycles. The molecule has 0 bridgehead atoms. The zero-order valence-corrected chi connectivity index (χ0v) is 11.4. The highest BCUT2D eigenvalue weighted by atomic mass is 16.4. The molecule has 1 saturated carbocycles. The Labute approximate surface area is 108 Å². The molecule has 18 heavy (non-hydrogen) atoms. The Kier molecular flexibility index (Phi) is 5.40. The molecule has 0 spiro atoms. The van der Waals surface area contributed by atoms with Crippen LogP contribution in [-0.2, 0) is 4.79 Å². The average molecular weight is 257 g/mol. The van der Waals surface area contributed by atoms with Crippen LogP contribution in [-0.4, -0.2) is 79.1 Å². The normalized spacial score (nSPS) is 14.7. The summed E-state index contributed by atoms with van der Waals surface area (Å²) in [5, 5.41) is 8.85. The summed E-state index contributed by atoms with van der Waals surface area (Å²) >= 11 is 0. The molecule has 1 fully saturated rings. The van der Waals surface area contributed by atoms with Crippen molar-refractivity contribution < 1.29 is 14.7 Å². The molecule has 0 aromatic rings. The van der Waals surface area contributed by atoms with Crippen molar-refractivity contribution in [1.29, 1.82) is 0 Å². The first-order valence-corrected chi connectivity index (χ1v) is 6.26. The summed E-state index contributed by atoms with van der Waals surface area (Å²) in [4.78, 5) is 27.9. The van der Waals surface area contributed by atoms with Crippen molar-refractivity contribution >= 4 is 12.0 Å². The van der Waals surface area contributed by atoms with Crippen LogP contribution in [0, 0.1) is 5.92 Å². The molecule has 0 saturated heterocycles. The molecule has 1 rings (SSSR count). The van der Waals surface area contributed by atoms with Gasteiger partial charge in [-0.3, -0.25) is 4.79 Å². The average Bonchev–Trinajstić information content (AvgIpc) is 3.07. The first kappa shape index (κ1) is 14.8. The Hall–Kier alpha value is -1.30. The number of hydrogen-bond donors (Lipinski definition) is 1. The first-order valence-electron chi connectivity index (χ1n) is 6.26. The molecular weight excluding hydrogens is 234 g/mol. The van der Waals surface area contributed by atoms with Crippen LogP contribution in [0.1, 0.15) is 12.8 Å². The molecular formula is C12H23N3O3. The predicted octanol–water partition coefficient (Wildman–Crippen LogP) is 0.396. The van der Waals surface area contributed by atoms with Crippen LogP contribution in [0.4, 0.5) is 4.79 Å². The lowest BCUT2D eigenvalue weighted by molar-refractivity contribution is -0.137. The van der Waals surface area contributed by atoms with E-state index in [9.17, 15) is 9.59 Å². The number of urea groups is 1. The van der Waals surface area contributed by atoms with E-state index in [1.54, 1.807) is 11.9 Å². The quantitative estimate of drug-likeness (QED) is 0.717. The summed E-state index contributed by atoms with van der Waals surface area (Å²) < 4.78 is 0. The van der Waals surface area contributed by atoms with Gasteiger partial charge in [-0.25, -0.2) is 4.79 Å². The molecule has 0 unspecified atom stereocenters. The monoisotopic (exact) mass is 257 g/mol. The van der Waals surface area contributed by atoms with Gasteiger partial charge in [0.25, 0.3) is 0 Å². The Morgan fingerprint density at radius 3 is 2.22 bits per heavy atom. The minimum absolute atomic E-state index is 0.189. The zero-order valence-electron chi connectivity index (χ0n) is 11.4. The van der Waals surface area contributed by atoms with Gasteiger partial charge < -0.3 is 19.8 Å². The van der Waals surface area contributed by atoms with Crippen LogP contribution in [0.25, 0.3) is 0 Å². The van der Waals surface area contributed by atoms with E-state index in [1.165, 1.54) is 4.90 Å². The fraction of sp³-hybridized carbons (Fsp3) is 0.833. The second kappa shape index (κ2) is 6.58. The van der Waals surface area contributed by atoms with Gasteiger partial charge in [-0.1, -0.05) is 0 Å². The van der Waals surface area contributed by atoms with Gasteiger partial charge in [0.2, 0.25) is 0 Å².